The summed E-state index contributed by atoms with van der Waals surface area (Å²) in [6.07, 6.45) is 0. The number of carbonyl (C=O) groups is 1. The third-order valence-corrected chi connectivity index (χ3v) is 4.07. The molecule has 0 aliphatic rings. The first-order valence-electron chi connectivity index (χ1n) is 9.07. The smallest absolute Gasteiger partial charge is 0.311 e. The number of methoxy groups -OCH3 is 1. The first kappa shape index (κ1) is 20.8. The number of carbonyl (C=O) groups excluding carboxylic acids is 1. The Morgan fingerprint density at radius 2 is 1.70 bits per heavy atom. The molecule has 0 atom stereocenters. The summed E-state index contributed by atoms with van der Waals surface area (Å²) in [4.78, 5) is 22.8. The fraction of sp³-hybridized carbons (Fsp3) is 0.136. The van der Waals surface area contributed by atoms with Gasteiger partial charge in [-0.05, 0) is 54.1 Å². The van der Waals surface area contributed by atoms with Crippen molar-refractivity contribution in [2.75, 3.05) is 19.0 Å². The van der Waals surface area contributed by atoms with E-state index in [2.05, 4.69) is 5.32 Å². The second kappa shape index (κ2) is 10.0. The summed E-state index contributed by atoms with van der Waals surface area (Å²) in [7, 11) is 1.55. The lowest BCUT2D eigenvalue weighted by Gasteiger charge is -2.10. The Hall–Kier alpha value is -3.91. The number of nitrogens with one attached hydrogen (secondary N) is 1. The van der Waals surface area contributed by atoms with E-state index >= 15 is 0 Å². The Morgan fingerprint density at radius 1 is 1.00 bits per heavy atom. The zero-order chi connectivity index (χ0) is 21.3. The van der Waals surface area contributed by atoms with Crippen LogP contribution in [0.5, 0.6) is 17.2 Å². The van der Waals surface area contributed by atoms with Crippen molar-refractivity contribution < 1.29 is 23.9 Å². The lowest BCUT2D eigenvalue weighted by Crippen LogP contribution is -2.18. The van der Waals surface area contributed by atoms with Crippen molar-refractivity contribution in [1.29, 1.82) is 0 Å². The number of hydrogen-bond acceptors (Lipinski definition) is 6. The van der Waals surface area contributed by atoms with Gasteiger partial charge in [0.25, 0.3) is 0 Å². The number of nitro benzene ring substituents is 1. The lowest BCUT2D eigenvalue weighted by atomic mass is 10.2. The van der Waals surface area contributed by atoms with E-state index in [1.165, 1.54) is 12.1 Å². The van der Waals surface area contributed by atoms with E-state index in [1.807, 2.05) is 18.2 Å². The average molecular weight is 408 g/mol. The molecule has 1 amide bonds. The Kier molecular flexibility index (Phi) is 6.96. The maximum Gasteiger partial charge on any atom is 0.311 e. The van der Waals surface area contributed by atoms with Crippen molar-refractivity contribution in [3.8, 4) is 17.2 Å². The van der Waals surface area contributed by atoms with Gasteiger partial charge in [-0.3, -0.25) is 14.9 Å². The molecule has 154 valence electrons. The molecular weight excluding hydrogens is 388 g/mol. The molecule has 3 aromatic rings. The van der Waals surface area contributed by atoms with Gasteiger partial charge >= 0.3 is 5.69 Å². The monoisotopic (exact) mass is 408 g/mol. The van der Waals surface area contributed by atoms with Crippen LogP contribution < -0.4 is 14.8 Å². The maximum absolute atomic E-state index is 11.9. The molecule has 0 spiro atoms. The van der Waals surface area contributed by atoms with Gasteiger partial charge in [0.05, 0.1) is 18.6 Å². The van der Waals surface area contributed by atoms with Crippen molar-refractivity contribution in [3.05, 3.63) is 88.5 Å². The molecule has 3 rings (SSSR count). The maximum atomic E-state index is 11.9. The first-order valence-corrected chi connectivity index (χ1v) is 9.07. The molecule has 8 nitrogen and oxygen atoms in total. The normalized spacial score (nSPS) is 10.3. The third-order valence-electron chi connectivity index (χ3n) is 4.07. The summed E-state index contributed by atoms with van der Waals surface area (Å²) in [5.74, 6) is 0.866. The average Bonchev–Trinajstić information content (AvgIpc) is 2.75. The van der Waals surface area contributed by atoms with Gasteiger partial charge in [-0.15, -0.1) is 0 Å². The van der Waals surface area contributed by atoms with Gasteiger partial charge in [-0.25, -0.2) is 0 Å². The summed E-state index contributed by atoms with van der Waals surface area (Å²) in [5.41, 5.74) is 1.14. The van der Waals surface area contributed by atoms with Crippen molar-refractivity contribution in [3.63, 3.8) is 0 Å². The highest BCUT2D eigenvalue weighted by molar-refractivity contribution is 5.91. The second-order valence-electron chi connectivity index (χ2n) is 6.24. The minimum absolute atomic E-state index is 0.0833. The third kappa shape index (κ3) is 5.79. The number of rotatable bonds is 9. The summed E-state index contributed by atoms with van der Waals surface area (Å²) in [5, 5.41) is 14.0. The Balaban J connectivity index is 1.63. The predicted molar refractivity (Wildman–Crippen MR) is 111 cm³/mol. The highest BCUT2D eigenvalue weighted by Gasteiger charge is 2.17. The molecule has 0 saturated heterocycles. The van der Waals surface area contributed by atoms with Gasteiger partial charge in [-0.2, -0.15) is 0 Å². The second-order valence-corrected chi connectivity index (χ2v) is 6.24. The molecule has 0 aromatic heterocycles. The van der Waals surface area contributed by atoms with E-state index in [4.69, 9.17) is 14.2 Å². The van der Waals surface area contributed by atoms with Crippen LogP contribution in [-0.2, 0) is 16.1 Å². The highest BCUT2D eigenvalue weighted by atomic mass is 16.6. The summed E-state index contributed by atoms with van der Waals surface area (Å²) in [6, 6.07) is 20.2. The zero-order valence-corrected chi connectivity index (χ0v) is 16.2. The van der Waals surface area contributed by atoms with E-state index in [-0.39, 0.29) is 30.6 Å². The van der Waals surface area contributed by atoms with Crippen LogP contribution >= 0.6 is 0 Å². The number of anilines is 1. The van der Waals surface area contributed by atoms with E-state index in [1.54, 1.807) is 49.6 Å². The number of nitrogens with zero attached hydrogens (tertiary/aromatic N) is 1. The molecule has 3 aromatic carbocycles. The van der Waals surface area contributed by atoms with Gasteiger partial charge in [0.1, 0.15) is 18.1 Å². The topological polar surface area (TPSA) is 99.9 Å². The van der Waals surface area contributed by atoms with Crippen molar-refractivity contribution in [2.45, 2.75) is 6.61 Å². The van der Waals surface area contributed by atoms with Crippen molar-refractivity contribution >= 4 is 17.3 Å². The first-order chi connectivity index (χ1) is 14.5. The van der Waals surface area contributed by atoms with E-state index in [9.17, 15) is 14.9 Å². The molecule has 1 N–H and O–H groups in total. The van der Waals surface area contributed by atoms with Crippen LogP contribution in [0.25, 0.3) is 0 Å². The standard InChI is InChI=1S/C22H20N2O6/c1-28-18-8-10-19(11-9-18)30-21-13-16(7-12-20(21)24(26)27)14-29-15-22(25)23-17-5-3-2-4-6-17/h2-13H,14-15H2,1H3,(H,23,25). The van der Waals surface area contributed by atoms with Gasteiger partial charge in [0.15, 0.2) is 0 Å². The number of benzene rings is 3. The van der Waals surface area contributed by atoms with Gasteiger partial charge in [0.2, 0.25) is 11.7 Å². The molecule has 0 radical (unpaired) electrons. The minimum Gasteiger partial charge on any atom is -0.497 e. The SMILES string of the molecule is COc1ccc(Oc2cc(COCC(=O)Nc3ccccc3)ccc2[N+](=O)[O-])cc1. The molecule has 0 aliphatic heterocycles. The molecule has 30 heavy (non-hydrogen) atoms. The highest BCUT2D eigenvalue weighted by Crippen LogP contribution is 2.33. The van der Waals surface area contributed by atoms with E-state index < -0.39 is 4.92 Å². The fourth-order valence-electron chi connectivity index (χ4n) is 2.63. The minimum atomic E-state index is -0.517. The van der Waals surface area contributed by atoms with Gasteiger partial charge < -0.3 is 19.5 Å². The quantitative estimate of drug-likeness (QED) is 0.412. The van der Waals surface area contributed by atoms with Crippen molar-refractivity contribution in [2.24, 2.45) is 0 Å². The summed E-state index contributed by atoms with van der Waals surface area (Å²) < 4.78 is 16.2. The molecule has 0 heterocycles. The summed E-state index contributed by atoms with van der Waals surface area (Å²) in [6.45, 7) is -0.0558. The Labute approximate surface area is 173 Å². The number of hydrogen-bond donors (Lipinski definition) is 1. The van der Waals surface area contributed by atoms with Crippen LogP contribution in [0, 0.1) is 10.1 Å². The van der Waals surface area contributed by atoms with Gasteiger partial charge in [-0.1, -0.05) is 18.2 Å². The number of amides is 1. The molecular formula is C22H20N2O6. The molecule has 8 heteroatoms. The van der Waals surface area contributed by atoms with Crippen LogP contribution in [0.1, 0.15) is 5.56 Å². The van der Waals surface area contributed by atoms with Crippen molar-refractivity contribution in [1.82, 2.24) is 0 Å². The van der Waals surface area contributed by atoms with Crippen LogP contribution in [0.3, 0.4) is 0 Å². The van der Waals surface area contributed by atoms with Crippen LogP contribution in [0.4, 0.5) is 11.4 Å². The zero-order valence-electron chi connectivity index (χ0n) is 16.2. The fourth-order valence-corrected chi connectivity index (χ4v) is 2.63. The Bertz CT molecular complexity index is 1010. The predicted octanol–water partition coefficient (Wildman–Crippen LogP) is 4.55. The van der Waals surface area contributed by atoms with Crippen LogP contribution in [0.15, 0.2) is 72.8 Å². The number of ether oxygens (including phenoxy) is 3. The molecule has 0 bridgehead atoms. The molecule has 0 unspecified atom stereocenters. The summed E-state index contributed by atoms with van der Waals surface area (Å²) >= 11 is 0. The number of nitro groups is 1. The molecule has 0 saturated carbocycles. The van der Waals surface area contributed by atoms with Gasteiger partial charge in [0, 0.05) is 11.8 Å². The van der Waals surface area contributed by atoms with Crippen LogP contribution in [0.2, 0.25) is 0 Å². The molecule has 0 fully saturated rings. The van der Waals surface area contributed by atoms with Crippen LogP contribution in [-0.4, -0.2) is 24.5 Å². The number of para-hydroxylation sites is 1. The van der Waals surface area contributed by atoms with E-state index in [0.717, 1.165) is 0 Å². The largest absolute Gasteiger partial charge is 0.497 e. The lowest BCUT2D eigenvalue weighted by molar-refractivity contribution is -0.385. The van der Waals surface area contributed by atoms with E-state index in [0.29, 0.717) is 22.7 Å². The Morgan fingerprint density at radius 3 is 2.37 bits per heavy atom. The molecule has 0 aliphatic carbocycles.